The van der Waals surface area contributed by atoms with Crippen LogP contribution in [0.4, 0.5) is 0 Å². The van der Waals surface area contributed by atoms with Crippen LogP contribution in [0.2, 0.25) is 0 Å². The first kappa shape index (κ1) is 13.4. The van der Waals surface area contributed by atoms with Gasteiger partial charge >= 0.3 is 0 Å². The zero-order valence-electron chi connectivity index (χ0n) is 9.81. The molecule has 5 heteroatoms. The summed E-state index contributed by atoms with van der Waals surface area (Å²) < 4.78 is 10.2. The third-order valence-corrected chi connectivity index (χ3v) is 2.86. The molecule has 16 heavy (non-hydrogen) atoms. The lowest BCUT2D eigenvalue weighted by Crippen LogP contribution is -2.53. The average molecular weight is 228 g/mol. The summed E-state index contributed by atoms with van der Waals surface area (Å²) in [7, 11) is 1.66. The fourth-order valence-electron chi connectivity index (χ4n) is 1.80. The van der Waals surface area contributed by atoms with Gasteiger partial charge < -0.3 is 14.6 Å². The van der Waals surface area contributed by atoms with E-state index in [2.05, 4.69) is 11.0 Å². The van der Waals surface area contributed by atoms with Crippen molar-refractivity contribution in [3.8, 4) is 6.07 Å². The van der Waals surface area contributed by atoms with Crippen molar-refractivity contribution in [1.82, 2.24) is 4.90 Å². The number of hydrogen-bond donors (Lipinski definition) is 1. The maximum Gasteiger partial charge on any atom is 0.0635 e. The van der Waals surface area contributed by atoms with E-state index in [0.717, 1.165) is 19.6 Å². The molecule has 0 aromatic carbocycles. The highest BCUT2D eigenvalue weighted by Crippen LogP contribution is 2.27. The second kappa shape index (κ2) is 6.81. The molecule has 0 aromatic heterocycles. The highest BCUT2D eigenvalue weighted by molar-refractivity contribution is 4.88. The Morgan fingerprint density at radius 2 is 2.25 bits per heavy atom. The molecule has 92 valence electrons. The van der Waals surface area contributed by atoms with Crippen LogP contribution in [0.1, 0.15) is 6.42 Å². The number of nitriles is 1. The van der Waals surface area contributed by atoms with Crippen molar-refractivity contribution in [2.75, 3.05) is 53.2 Å². The lowest BCUT2D eigenvalue weighted by atomic mass is 9.86. The predicted molar refractivity (Wildman–Crippen MR) is 58.9 cm³/mol. The number of rotatable bonds is 8. The van der Waals surface area contributed by atoms with Crippen molar-refractivity contribution in [2.24, 2.45) is 5.41 Å². The van der Waals surface area contributed by atoms with Crippen molar-refractivity contribution in [1.29, 1.82) is 5.26 Å². The molecule has 5 nitrogen and oxygen atoms in total. The number of ether oxygens (including phenoxy) is 2. The van der Waals surface area contributed by atoms with E-state index >= 15 is 0 Å². The molecular weight excluding hydrogens is 208 g/mol. The average Bonchev–Trinajstić information content (AvgIpc) is 2.26. The van der Waals surface area contributed by atoms with Crippen molar-refractivity contribution in [2.45, 2.75) is 6.42 Å². The minimum Gasteiger partial charge on any atom is -0.396 e. The minimum atomic E-state index is -0.122. The van der Waals surface area contributed by atoms with Crippen LogP contribution in [0.25, 0.3) is 0 Å². The molecule has 0 unspecified atom stereocenters. The summed E-state index contributed by atoms with van der Waals surface area (Å²) in [6, 6.07) is 2.14. The first-order valence-corrected chi connectivity index (χ1v) is 5.53. The summed E-state index contributed by atoms with van der Waals surface area (Å²) in [6.45, 7) is 4.30. The van der Waals surface area contributed by atoms with E-state index in [1.807, 2.05) is 0 Å². The van der Waals surface area contributed by atoms with E-state index < -0.39 is 0 Å². The Balaban J connectivity index is 2.38. The van der Waals surface area contributed by atoms with Crippen LogP contribution < -0.4 is 0 Å². The third kappa shape index (κ3) is 3.72. The molecule has 1 fully saturated rings. The summed E-state index contributed by atoms with van der Waals surface area (Å²) in [5.41, 5.74) is -0.122. The van der Waals surface area contributed by atoms with Gasteiger partial charge in [0, 0.05) is 33.2 Å². The normalized spacial score (nSPS) is 18.1. The first-order chi connectivity index (χ1) is 7.76. The molecule has 0 bridgehead atoms. The maximum absolute atomic E-state index is 9.33. The molecule has 0 amide bonds. The molecule has 0 saturated carbocycles. The Kier molecular flexibility index (Phi) is 5.71. The molecule has 1 aliphatic heterocycles. The van der Waals surface area contributed by atoms with Crippen LogP contribution >= 0.6 is 0 Å². The molecule has 1 aliphatic rings. The number of aliphatic hydroxyl groups excluding tert-OH is 1. The maximum atomic E-state index is 9.33. The fourth-order valence-corrected chi connectivity index (χ4v) is 1.80. The van der Waals surface area contributed by atoms with Gasteiger partial charge in [-0.25, -0.2) is 0 Å². The first-order valence-electron chi connectivity index (χ1n) is 5.53. The van der Waals surface area contributed by atoms with Crippen molar-refractivity contribution in [3.05, 3.63) is 0 Å². The van der Waals surface area contributed by atoms with E-state index in [1.165, 1.54) is 0 Å². The minimum absolute atomic E-state index is 0.122. The lowest BCUT2D eigenvalue weighted by molar-refractivity contribution is -0.148. The summed E-state index contributed by atoms with van der Waals surface area (Å²) in [5, 5.41) is 17.9. The monoisotopic (exact) mass is 228 g/mol. The number of hydrogen-bond acceptors (Lipinski definition) is 5. The molecule has 0 atom stereocenters. The van der Waals surface area contributed by atoms with Gasteiger partial charge in [-0.05, 0) is 0 Å². The van der Waals surface area contributed by atoms with Gasteiger partial charge in [0.1, 0.15) is 0 Å². The van der Waals surface area contributed by atoms with Crippen molar-refractivity contribution in [3.63, 3.8) is 0 Å². The van der Waals surface area contributed by atoms with E-state index in [0.29, 0.717) is 26.2 Å². The van der Waals surface area contributed by atoms with Crippen LogP contribution in [-0.2, 0) is 9.47 Å². The van der Waals surface area contributed by atoms with Gasteiger partial charge in [-0.2, -0.15) is 5.26 Å². The molecular formula is C11H20N2O3. The topological polar surface area (TPSA) is 65.7 Å². The number of nitrogens with zero attached hydrogens (tertiary/aromatic N) is 2. The van der Waals surface area contributed by atoms with Gasteiger partial charge in [0.05, 0.1) is 37.9 Å². The van der Waals surface area contributed by atoms with Gasteiger partial charge in [0.2, 0.25) is 0 Å². The molecule has 1 saturated heterocycles. The summed E-state index contributed by atoms with van der Waals surface area (Å²) in [4.78, 5) is 2.16. The van der Waals surface area contributed by atoms with Gasteiger partial charge in [-0.3, -0.25) is 4.90 Å². The lowest BCUT2D eigenvalue weighted by Gasteiger charge is -2.43. The van der Waals surface area contributed by atoms with E-state index in [-0.39, 0.29) is 12.0 Å². The van der Waals surface area contributed by atoms with Gasteiger partial charge in [0.15, 0.2) is 0 Å². The molecule has 0 aliphatic carbocycles. The van der Waals surface area contributed by atoms with Crippen molar-refractivity contribution >= 4 is 0 Å². The van der Waals surface area contributed by atoms with Gasteiger partial charge in [-0.1, -0.05) is 0 Å². The zero-order valence-corrected chi connectivity index (χ0v) is 9.81. The quantitative estimate of drug-likeness (QED) is 0.626. The standard InChI is InChI=1S/C11H20N2O3/c1-15-6-5-13(4-2-3-12)7-11(8-14)9-16-10-11/h14H,2,4-10H2,1H3. The Morgan fingerprint density at radius 1 is 1.50 bits per heavy atom. The fraction of sp³-hybridized carbons (Fsp3) is 0.909. The predicted octanol–water partition coefficient (Wildman–Crippen LogP) is -0.143. The molecule has 1 rings (SSSR count). The van der Waals surface area contributed by atoms with Crippen LogP contribution in [0.5, 0.6) is 0 Å². The SMILES string of the molecule is COCCN(CCC#N)CC1(CO)COC1. The third-order valence-electron chi connectivity index (χ3n) is 2.86. The highest BCUT2D eigenvalue weighted by Gasteiger charge is 2.39. The van der Waals surface area contributed by atoms with E-state index in [4.69, 9.17) is 14.7 Å². The Labute approximate surface area is 96.6 Å². The van der Waals surface area contributed by atoms with E-state index in [1.54, 1.807) is 7.11 Å². The summed E-state index contributed by atoms with van der Waals surface area (Å²) >= 11 is 0. The summed E-state index contributed by atoms with van der Waals surface area (Å²) in [5.74, 6) is 0. The van der Waals surface area contributed by atoms with E-state index in [9.17, 15) is 5.11 Å². The van der Waals surface area contributed by atoms with Gasteiger partial charge in [-0.15, -0.1) is 0 Å². The highest BCUT2D eigenvalue weighted by atomic mass is 16.5. The largest absolute Gasteiger partial charge is 0.396 e. The smallest absolute Gasteiger partial charge is 0.0635 e. The van der Waals surface area contributed by atoms with Crippen LogP contribution in [0.15, 0.2) is 0 Å². The Morgan fingerprint density at radius 3 is 2.69 bits per heavy atom. The summed E-state index contributed by atoms with van der Waals surface area (Å²) in [6.07, 6.45) is 0.506. The second-order valence-electron chi connectivity index (χ2n) is 4.33. The Bertz CT molecular complexity index is 230. The Hall–Kier alpha value is -0.670. The molecule has 0 aromatic rings. The zero-order chi connectivity index (χ0) is 11.9. The molecule has 1 N–H and O–H groups in total. The molecule has 1 heterocycles. The van der Waals surface area contributed by atoms with Gasteiger partial charge in [0.25, 0.3) is 0 Å². The van der Waals surface area contributed by atoms with Crippen molar-refractivity contribution < 1.29 is 14.6 Å². The number of methoxy groups -OCH3 is 1. The number of aliphatic hydroxyl groups is 1. The van der Waals surface area contributed by atoms with Crippen LogP contribution in [0, 0.1) is 16.7 Å². The van der Waals surface area contributed by atoms with Crippen LogP contribution in [-0.4, -0.2) is 63.2 Å². The van der Waals surface area contributed by atoms with Crippen LogP contribution in [0.3, 0.4) is 0 Å². The molecule has 0 radical (unpaired) electrons. The molecule has 0 spiro atoms. The second-order valence-corrected chi connectivity index (χ2v) is 4.33.